The minimum Gasteiger partial charge on any atom is -0.480 e. The molecule has 1 aliphatic rings. The summed E-state index contributed by atoms with van der Waals surface area (Å²) in [6.45, 7) is 2.05. The van der Waals surface area contributed by atoms with E-state index in [2.05, 4.69) is 5.43 Å². The van der Waals surface area contributed by atoms with Crippen molar-refractivity contribution in [3.8, 4) is 17.2 Å². The molecule has 6 heteroatoms. The number of hydrogen-bond donors (Lipinski definition) is 2. The predicted octanol–water partition coefficient (Wildman–Crippen LogP) is 0.563. The Morgan fingerprint density at radius 3 is 3.00 bits per heavy atom. The van der Waals surface area contributed by atoms with Gasteiger partial charge in [-0.05, 0) is 18.6 Å². The first-order valence-electron chi connectivity index (χ1n) is 5.31. The van der Waals surface area contributed by atoms with Crippen molar-refractivity contribution in [3.05, 3.63) is 18.2 Å². The number of carbonyl (C=O) groups is 1. The standard InChI is InChI=1S/C11H14N2O4/c1-2-8(11(14)13-12)17-7-3-4-9-10(5-7)16-6-15-9/h3-5,8H,2,6,12H2,1H3,(H,13,14)/t8-/m0/s1. The van der Waals surface area contributed by atoms with Crippen LogP contribution in [-0.2, 0) is 4.79 Å². The van der Waals surface area contributed by atoms with Crippen LogP contribution in [0.25, 0.3) is 0 Å². The number of nitrogens with one attached hydrogen (secondary N) is 1. The number of nitrogens with two attached hydrogens (primary N) is 1. The van der Waals surface area contributed by atoms with Crippen LogP contribution in [0.1, 0.15) is 13.3 Å². The zero-order valence-electron chi connectivity index (χ0n) is 9.43. The van der Waals surface area contributed by atoms with E-state index in [1.807, 2.05) is 6.92 Å². The van der Waals surface area contributed by atoms with Crippen LogP contribution in [-0.4, -0.2) is 18.8 Å². The van der Waals surface area contributed by atoms with Gasteiger partial charge in [0, 0.05) is 6.07 Å². The average molecular weight is 238 g/mol. The molecule has 92 valence electrons. The lowest BCUT2D eigenvalue weighted by Crippen LogP contribution is -2.41. The van der Waals surface area contributed by atoms with E-state index in [0.717, 1.165) is 0 Å². The molecule has 0 saturated heterocycles. The summed E-state index contributed by atoms with van der Waals surface area (Å²) in [5, 5.41) is 0. The summed E-state index contributed by atoms with van der Waals surface area (Å²) in [6.07, 6.45) is -0.0855. The normalized spacial score (nSPS) is 14.2. The zero-order valence-corrected chi connectivity index (χ0v) is 9.43. The van der Waals surface area contributed by atoms with Crippen LogP contribution in [0.3, 0.4) is 0 Å². The zero-order chi connectivity index (χ0) is 12.3. The smallest absolute Gasteiger partial charge is 0.274 e. The first kappa shape index (κ1) is 11.5. The van der Waals surface area contributed by atoms with Gasteiger partial charge in [-0.3, -0.25) is 10.2 Å². The van der Waals surface area contributed by atoms with Crippen molar-refractivity contribution in [2.24, 2.45) is 5.84 Å². The molecule has 6 nitrogen and oxygen atoms in total. The molecule has 0 fully saturated rings. The van der Waals surface area contributed by atoms with Crippen molar-refractivity contribution in [2.75, 3.05) is 6.79 Å². The molecule has 1 aromatic rings. The first-order chi connectivity index (χ1) is 8.24. The molecular formula is C11H14N2O4. The van der Waals surface area contributed by atoms with Gasteiger partial charge in [0.25, 0.3) is 5.91 Å². The molecule has 0 spiro atoms. The van der Waals surface area contributed by atoms with Gasteiger partial charge < -0.3 is 14.2 Å². The van der Waals surface area contributed by atoms with E-state index < -0.39 is 6.10 Å². The molecular weight excluding hydrogens is 224 g/mol. The van der Waals surface area contributed by atoms with Crippen LogP contribution in [0.4, 0.5) is 0 Å². The van der Waals surface area contributed by atoms with Gasteiger partial charge in [-0.2, -0.15) is 0 Å². The Balaban J connectivity index is 2.10. The van der Waals surface area contributed by atoms with E-state index in [1.165, 1.54) is 0 Å². The minimum absolute atomic E-state index is 0.208. The van der Waals surface area contributed by atoms with Crippen molar-refractivity contribution < 1.29 is 19.0 Å². The Morgan fingerprint density at radius 1 is 1.53 bits per heavy atom. The number of ether oxygens (including phenoxy) is 3. The molecule has 1 heterocycles. The summed E-state index contributed by atoms with van der Waals surface area (Å²) < 4.78 is 15.9. The van der Waals surface area contributed by atoms with Crippen LogP contribution >= 0.6 is 0 Å². The number of benzene rings is 1. The second-order valence-electron chi connectivity index (χ2n) is 3.54. The third kappa shape index (κ3) is 2.42. The lowest BCUT2D eigenvalue weighted by molar-refractivity contribution is -0.128. The summed E-state index contributed by atoms with van der Waals surface area (Å²) in [5.41, 5.74) is 2.07. The van der Waals surface area contributed by atoms with Crippen LogP contribution in [0.15, 0.2) is 18.2 Å². The van der Waals surface area contributed by atoms with Gasteiger partial charge in [-0.15, -0.1) is 0 Å². The molecule has 3 N–H and O–H groups in total. The summed E-state index contributed by atoms with van der Waals surface area (Å²) in [6, 6.07) is 5.15. The molecule has 1 aromatic carbocycles. The molecule has 17 heavy (non-hydrogen) atoms. The van der Waals surface area contributed by atoms with Crippen molar-refractivity contribution in [3.63, 3.8) is 0 Å². The number of carbonyl (C=O) groups excluding carboxylic acids is 1. The highest BCUT2D eigenvalue weighted by Crippen LogP contribution is 2.35. The number of amides is 1. The highest BCUT2D eigenvalue weighted by atomic mass is 16.7. The maximum atomic E-state index is 11.4. The molecule has 1 atom stereocenters. The molecule has 0 aromatic heterocycles. The SMILES string of the molecule is CC[C@H](Oc1ccc2c(c1)OCO2)C(=O)NN. The first-order valence-corrected chi connectivity index (χ1v) is 5.31. The summed E-state index contributed by atoms with van der Waals surface area (Å²) in [5.74, 6) is 6.55. The summed E-state index contributed by atoms with van der Waals surface area (Å²) >= 11 is 0. The van der Waals surface area contributed by atoms with Crippen molar-refractivity contribution in [1.82, 2.24) is 5.43 Å². The van der Waals surface area contributed by atoms with Gasteiger partial charge in [0.1, 0.15) is 5.75 Å². The van der Waals surface area contributed by atoms with Crippen molar-refractivity contribution in [2.45, 2.75) is 19.4 Å². The second kappa shape index (κ2) is 4.92. The van der Waals surface area contributed by atoms with Gasteiger partial charge in [0.15, 0.2) is 17.6 Å². The predicted molar refractivity (Wildman–Crippen MR) is 59.6 cm³/mol. The van der Waals surface area contributed by atoms with Crippen molar-refractivity contribution >= 4 is 5.91 Å². The van der Waals surface area contributed by atoms with E-state index in [9.17, 15) is 4.79 Å². The van der Waals surface area contributed by atoms with E-state index in [0.29, 0.717) is 23.7 Å². The lowest BCUT2D eigenvalue weighted by atomic mass is 10.2. The van der Waals surface area contributed by atoms with Crippen LogP contribution in [0.5, 0.6) is 17.2 Å². The quantitative estimate of drug-likeness (QED) is 0.455. The van der Waals surface area contributed by atoms with Crippen LogP contribution < -0.4 is 25.5 Å². The minimum atomic E-state index is -0.611. The molecule has 1 aliphatic heterocycles. The van der Waals surface area contributed by atoms with E-state index in [4.69, 9.17) is 20.1 Å². The second-order valence-corrected chi connectivity index (χ2v) is 3.54. The Labute approximate surface area is 98.6 Å². The molecule has 0 saturated carbocycles. The number of rotatable bonds is 4. The molecule has 0 radical (unpaired) electrons. The highest BCUT2D eigenvalue weighted by Gasteiger charge is 2.19. The number of hydrazine groups is 1. The molecule has 2 rings (SSSR count). The van der Waals surface area contributed by atoms with Crippen LogP contribution in [0, 0.1) is 0 Å². The van der Waals surface area contributed by atoms with Gasteiger partial charge in [0.2, 0.25) is 6.79 Å². The van der Waals surface area contributed by atoms with E-state index in [1.54, 1.807) is 18.2 Å². The monoisotopic (exact) mass is 238 g/mol. The Hall–Kier alpha value is -1.95. The summed E-state index contributed by atoms with van der Waals surface area (Å²) in [7, 11) is 0. The average Bonchev–Trinajstić information content (AvgIpc) is 2.82. The topological polar surface area (TPSA) is 82.8 Å². The van der Waals surface area contributed by atoms with Gasteiger partial charge in [-0.25, -0.2) is 5.84 Å². The Bertz CT molecular complexity index is 422. The van der Waals surface area contributed by atoms with Crippen LogP contribution in [0.2, 0.25) is 0 Å². The maximum absolute atomic E-state index is 11.4. The largest absolute Gasteiger partial charge is 0.480 e. The highest BCUT2D eigenvalue weighted by molar-refractivity contribution is 5.80. The third-order valence-electron chi connectivity index (χ3n) is 2.43. The van der Waals surface area contributed by atoms with E-state index >= 15 is 0 Å². The van der Waals surface area contributed by atoms with Crippen molar-refractivity contribution in [1.29, 1.82) is 0 Å². The van der Waals surface area contributed by atoms with Gasteiger partial charge >= 0.3 is 0 Å². The third-order valence-corrected chi connectivity index (χ3v) is 2.43. The molecule has 0 unspecified atom stereocenters. The van der Waals surface area contributed by atoms with Gasteiger partial charge in [0.05, 0.1) is 0 Å². The number of hydrogen-bond acceptors (Lipinski definition) is 5. The molecule has 0 aliphatic carbocycles. The Kier molecular flexibility index (Phi) is 3.34. The summed E-state index contributed by atoms with van der Waals surface area (Å²) in [4.78, 5) is 11.4. The fourth-order valence-corrected chi connectivity index (χ4v) is 1.53. The fourth-order valence-electron chi connectivity index (χ4n) is 1.53. The van der Waals surface area contributed by atoms with Gasteiger partial charge in [-0.1, -0.05) is 6.92 Å². The lowest BCUT2D eigenvalue weighted by Gasteiger charge is -2.15. The number of fused-ring (bicyclic) bond motifs is 1. The molecule has 1 amide bonds. The maximum Gasteiger partial charge on any atom is 0.274 e. The molecule has 0 bridgehead atoms. The Morgan fingerprint density at radius 2 is 2.29 bits per heavy atom. The fraction of sp³-hybridized carbons (Fsp3) is 0.364. The van der Waals surface area contributed by atoms with E-state index in [-0.39, 0.29) is 12.7 Å².